The Morgan fingerprint density at radius 1 is 1.14 bits per heavy atom. The van der Waals surface area contributed by atoms with E-state index < -0.39 is 0 Å². The lowest BCUT2D eigenvalue weighted by atomic mass is 10.2. The molecule has 0 radical (unpaired) electrons. The predicted molar refractivity (Wildman–Crippen MR) is 79.6 cm³/mol. The van der Waals surface area contributed by atoms with Gasteiger partial charge in [-0.3, -0.25) is 15.1 Å². The Kier molecular flexibility index (Phi) is 3.74. The fourth-order valence-corrected chi connectivity index (χ4v) is 2.04. The van der Waals surface area contributed by atoms with Gasteiger partial charge >= 0.3 is 6.01 Å². The molecule has 7 heteroatoms. The van der Waals surface area contributed by atoms with Crippen molar-refractivity contribution in [3.63, 3.8) is 0 Å². The van der Waals surface area contributed by atoms with E-state index in [1.807, 2.05) is 30.3 Å². The van der Waals surface area contributed by atoms with Crippen LogP contribution in [0, 0.1) is 0 Å². The molecule has 1 N–H and O–H groups in total. The highest BCUT2D eigenvalue weighted by Crippen LogP contribution is 2.19. The third-order valence-corrected chi connectivity index (χ3v) is 3.07. The second-order valence-corrected chi connectivity index (χ2v) is 5.04. The molecule has 0 unspecified atom stereocenters. The fraction of sp³-hybridized carbons (Fsp3) is 0. The van der Waals surface area contributed by atoms with Crippen LogP contribution in [0.25, 0.3) is 11.5 Å². The molecule has 104 valence electrons. The molecule has 0 saturated heterocycles. The summed E-state index contributed by atoms with van der Waals surface area (Å²) in [6.45, 7) is 0. The zero-order valence-electron chi connectivity index (χ0n) is 10.7. The van der Waals surface area contributed by atoms with E-state index in [2.05, 4.69) is 36.4 Å². The van der Waals surface area contributed by atoms with E-state index in [0.717, 1.165) is 5.56 Å². The molecule has 0 fully saturated rings. The zero-order chi connectivity index (χ0) is 14.7. The lowest BCUT2D eigenvalue weighted by molar-refractivity contribution is 0.102. The summed E-state index contributed by atoms with van der Waals surface area (Å²) < 4.78 is 6.12. The van der Waals surface area contributed by atoms with E-state index in [1.54, 1.807) is 12.3 Å². The molecule has 6 nitrogen and oxygen atoms in total. The van der Waals surface area contributed by atoms with Crippen LogP contribution < -0.4 is 5.32 Å². The van der Waals surface area contributed by atoms with Gasteiger partial charge in [0.1, 0.15) is 0 Å². The van der Waals surface area contributed by atoms with Gasteiger partial charge in [-0.25, -0.2) is 0 Å². The molecule has 1 amide bonds. The monoisotopic (exact) mass is 344 g/mol. The zero-order valence-corrected chi connectivity index (χ0v) is 12.2. The topological polar surface area (TPSA) is 80.9 Å². The highest BCUT2D eigenvalue weighted by Gasteiger charge is 2.13. The molecule has 3 aromatic rings. The first-order valence-corrected chi connectivity index (χ1v) is 6.82. The van der Waals surface area contributed by atoms with Gasteiger partial charge in [-0.2, -0.15) is 0 Å². The molecule has 0 aliphatic heterocycles. The highest BCUT2D eigenvalue weighted by atomic mass is 79.9. The summed E-state index contributed by atoms with van der Waals surface area (Å²) >= 11 is 3.26. The molecule has 0 bridgehead atoms. The molecule has 21 heavy (non-hydrogen) atoms. The molecule has 2 heterocycles. The largest absolute Gasteiger partial charge is 0.403 e. The van der Waals surface area contributed by atoms with E-state index in [0.29, 0.717) is 15.9 Å². The summed E-state index contributed by atoms with van der Waals surface area (Å²) in [6.07, 6.45) is 3.05. The van der Waals surface area contributed by atoms with Gasteiger partial charge in [0, 0.05) is 22.4 Å². The van der Waals surface area contributed by atoms with Crippen LogP contribution in [0.3, 0.4) is 0 Å². The van der Waals surface area contributed by atoms with E-state index in [1.165, 1.54) is 6.20 Å². The number of benzene rings is 1. The number of pyridine rings is 1. The predicted octanol–water partition coefficient (Wildman–Crippen LogP) is 3.15. The highest BCUT2D eigenvalue weighted by molar-refractivity contribution is 9.10. The number of carbonyl (C=O) groups is 1. The lowest BCUT2D eigenvalue weighted by Crippen LogP contribution is -2.12. The van der Waals surface area contributed by atoms with Gasteiger partial charge < -0.3 is 4.42 Å². The maximum Gasteiger partial charge on any atom is 0.322 e. The van der Waals surface area contributed by atoms with Crippen LogP contribution >= 0.6 is 15.9 Å². The molecule has 3 rings (SSSR count). The van der Waals surface area contributed by atoms with E-state index >= 15 is 0 Å². The maximum absolute atomic E-state index is 12.0. The Bertz CT molecular complexity index is 773. The van der Waals surface area contributed by atoms with Crippen LogP contribution in [0.1, 0.15) is 10.4 Å². The Morgan fingerprint density at radius 3 is 2.71 bits per heavy atom. The Morgan fingerprint density at radius 2 is 1.95 bits per heavy atom. The van der Waals surface area contributed by atoms with Crippen molar-refractivity contribution < 1.29 is 9.21 Å². The minimum atomic E-state index is -0.368. The summed E-state index contributed by atoms with van der Waals surface area (Å²) in [5.41, 5.74) is 1.18. The van der Waals surface area contributed by atoms with Gasteiger partial charge in [-0.05, 0) is 34.1 Å². The Hall–Kier alpha value is -2.54. The van der Waals surface area contributed by atoms with Crippen molar-refractivity contribution in [1.29, 1.82) is 0 Å². The van der Waals surface area contributed by atoms with Crippen molar-refractivity contribution in [2.75, 3.05) is 5.32 Å². The molecular formula is C14H9BrN4O2. The van der Waals surface area contributed by atoms with Crippen LogP contribution in [-0.2, 0) is 0 Å². The quantitative estimate of drug-likeness (QED) is 0.789. The van der Waals surface area contributed by atoms with Crippen LogP contribution in [0.4, 0.5) is 6.01 Å². The number of carbonyl (C=O) groups excluding carboxylic acids is 1. The minimum Gasteiger partial charge on any atom is -0.403 e. The number of hydrogen-bond acceptors (Lipinski definition) is 5. The first-order valence-electron chi connectivity index (χ1n) is 6.03. The van der Waals surface area contributed by atoms with Gasteiger partial charge in [0.15, 0.2) is 0 Å². The number of nitrogens with one attached hydrogen (secondary N) is 1. The van der Waals surface area contributed by atoms with Crippen molar-refractivity contribution in [1.82, 2.24) is 15.2 Å². The van der Waals surface area contributed by atoms with Crippen molar-refractivity contribution in [3.8, 4) is 11.5 Å². The SMILES string of the molecule is O=C(Nc1nnc(-c2ccccc2)o1)c1cncc(Br)c1. The molecule has 0 saturated carbocycles. The molecule has 0 atom stereocenters. The first-order chi connectivity index (χ1) is 10.2. The van der Waals surface area contributed by atoms with Crippen molar-refractivity contribution >= 4 is 27.9 Å². The summed E-state index contributed by atoms with van der Waals surface area (Å²) in [4.78, 5) is 15.9. The summed E-state index contributed by atoms with van der Waals surface area (Å²) in [5, 5.41) is 10.2. The number of aromatic nitrogens is 3. The maximum atomic E-state index is 12.0. The minimum absolute atomic E-state index is 0.0406. The molecule has 0 spiro atoms. The standard InChI is InChI=1S/C14H9BrN4O2/c15-11-6-10(7-16-8-11)12(20)17-14-19-18-13(21-14)9-4-2-1-3-5-9/h1-8H,(H,17,19,20). The van der Waals surface area contributed by atoms with Crippen LogP contribution in [0.5, 0.6) is 0 Å². The van der Waals surface area contributed by atoms with Gasteiger partial charge in [0.25, 0.3) is 5.91 Å². The number of anilines is 1. The summed E-state index contributed by atoms with van der Waals surface area (Å²) in [6, 6.07) is 11.0. The smallest absolute Gasteiger partial charge is 0.322 e. The molecule has 0 aliphatic carbocycles. The second kappa shape index (κ2) is 5.84. The number of nitrogens with zero attached hydrogens (tertiary/aromatic N) is 3. The fourth-order valence-electron chi connectivity index (χ4n) is 1.68. The van der Waals surface area contributed by atoms with Gasteiger partial charge in [-0.15, -0.1) is 5.10 Å². The van der Waals surface area contributed by atoms with Crippen molar-refractivity contribution in [2.45, 2.75) is 0 Å². The van der Waals surface area contributed by atoms with Crippen LogP contribution in [-0.4, -0.2) is 21.1 Å². The van der Waals surface area contributed by atoms with Gasteiger partial charge in [-0.1, -0.05) is 23.3 Å². The number of hydrogen-bond donors (Lipinski definition) is 1. The van der Waals surface area contributed by atoms with Crippen LogP contribution in [0.2, 0.25) is 0 Å². The molecular weight excluding hydrogens is 336 g/mol. The van der Waals surface area contributed by atoms with Crippen LogP contribution in [0.15, 0.2) is 57.7 Å². The van der Waals surface area contributed by atoms with Crippen molar-refractivity contribution in [2.24, 2.45) is 0 Å². The third kappa shape index (κ3) is 3.14. The number of halogens is 1. The van der Waals surface area contributed by atoms with E-state index in [9.17, 15) is 4.79 Å². The molecule has 1 aromatic carbocycles. The number of rotatable bonds is 3. The second-order valence-electron chi connectivity index (χ2n) is 4.12. The average Bonchev–Trinajstić information content (AvgIpc) is 2.97. The number of amides is 1. The normalized spacial score (nSPS) is 10.3. The van der Waals surface area contributed by atoms with E-state index in [-0.39, 0.29) is 11.9 Å². The van der Waals surface area contributed by atoms with E-state index in [4.69, 9.17) is 4.42 Å². The van der Waals surface area contributed by atoms with Gasteiger partial charge in [0.05, 0.1) is 5.56 Å². The Balaban J connectivity index is 1.77. The average molecular weight is 345 g/mol. The molecule has 2 aromatic heterocycles. The first kappa shape index (κ1) is 13.4. The lowest BCUT2D eigenvalue weighted by Gasteiger charge is -2.00. The van der Waals surface area contributed by atoms with Crippen molar-refractivity contribution in [3.05, 3.63) is 58.8 Å². The molecule has 0 aliphatic rings. The summed E-state index contributed by atoms with van der Waals surface area (Å²) in [5.74, 6) is -0.0228. The summed E-state index contributed by atoms with van der Waals surface area (Å²) in [7, 11) is 0. The third-order valence-electron chi connectivity index (χ3n) is 2.63. The Labute approximate surface area is 128 Å². The van der Waals surface area contributed by atoms with Gasteiger partial charge in [0.2, 0.25) is 5.89 Å².